The Morgan fingerprint density at radius 3 is 1.74 bits per heavy atom. The fourth-order valence-electron chi connectivity index (χ4n) is 4.08. The molecule has 4 heteroatoms. The molecule has 0 saturated carbocycles. The number of hydrogen-bond donors (Lipinski definition) is 2. The highest BCUT2D eigenvalue weighted by Crippen LogP contribution is 2.36. The maximum absolute atomic E-state index is 9.52. The number of hydrogen-bond acceptors (Lipinski definition) is 3. The van der Waals surface area contributed by atoms with E-state index in [0.717, 1.165) is 29.0 Å². The molecule has 0 bridgehead atoms. The number of rotatable bonds is 8. The van der Waals surface area contributed by atoms with Crippen molar-refractivity contribution >= 4 is 35.2 Å². The van der Waals surface area contributed by atoms with E-state index in [1.165, 1.54) is 16.7 Å². The Balaban J connectivity index is 1.73. The number of anilines is 3. The van der Waals surface area contributed by atoms with Crippen LogP contribution in [0.4, 0.5) is 17.1 Å². The van der Waals surface area contributed by atoms with Gasteiger partial charge in [-0.15, -0.1) is 0 Å². The molecule has 3 nitrogen and oxygen atoms in total. The van der Waals surface area contributed by atoms with Crippen molar-refractivity contribution in [2.45, 2.75) is 20.3 Å². The van der Waals surface area contributed by atoms with Crippen LogP contribution < -0.4 is 10.4 Å². The van der Waals surface area contributed by atoms with Crippen molar-refractivity contribution in [3.8, 4) is 11.1 Å². The van der Waals surface area contributed by atoms with Crippen LogP contribution in [0.25, 0.3) is 16.7 Å². The molecular formula is C31H30BNO2. The molecule has 35 heavy (non-hydrogen) atoms. The third-order valence-corrected chi connectivity index (χ3v) is 5.99. The number of benzene rings is 4. The SMILES string of the molecule is C/C=C(\C=C/CC)c1ccc(N(c2ccc(B(O)O)cc2)c2ccc(-c3ccccc3)cc2)cc1. The second kappa shape index (κ2) is 11.5. The zero-order chi connectivity index (χ0) is 24.6. The highest BCUT2D eigenvalue weighted by atomic mass is 16.4. The van der Waals surface area contributed by atoms with Gasteiger partial charge in [0.2, 0.25) is 0 Å². The molecule has 0 unspecified atom stereocenters. The average Bonchev–Trinajstić information content (AvgIpc) is 2.91. The van der Waals surface area contributed by atoms with Crippen molar-refractivity contribution in [3.63, 3.8) is 0 Å². The van der Waals surface area contributed by atoms with Crippen molar-refractivity contribution in [1.29, 1.82) is 0 Å². The van der Waals surface area contributed by atoms with E-state index in [-0.39, 0.29) is 0 Å². The molecule has 0 aliphatic rings. The lowest BCUT2D eigenvalue weighted by atomic mass is 9.80. The molecule has 0 spiro atoms. The standard InChI is InChI=1S/C31H30BNO2/c1-3-5-9-24(4-2)26-12-18-29(19-13-26)33(31-22-16-28(17-23-31)32(34)35)30-20-14-27(15-21-30)25-10-7-6-8-11-25/h4-23,34-35H,3H2,1-2H3/b9-5-,24-4+. The van der Waals surface area contributed by atoms with Gasteiger partial charge in [-0.2, -0.15) is 0 Å². The molecule has 0 aliphatic carbocycles. The molecule has 0 saturated heterocycles. The first-order valence-corrected chi connectivity index (χ1v) is 12.0. The average molecular weight is 459 g/mol. The van der Waals surface area contributed by atoms with Crippen LogP contribution in [0, 0.1) is 0 Å². The second-order valence-corrected chi connectivity index (χ2v) is 8.32. The summed E-state index contributed by atoms with van der Waals surface area (Å²) in [5, 5.41) is 19.0. The molecule has 0 atom stereocenters. The highest BCUT2D eigenvalue weighted by molar-refractivity contribution is 6.58. The smallest absolute Gasteiger partial charge is 0.423 e. The van der Waals surface area contributed by atoms with E-state index in [4.69, 9.17) is 0 Å². The molecule has 2 N–H and O–H groups in total. The van der Waals surface area contributed by atoms with Crippen molar-refractivity contribution in [2.24, 2.45) is 0 Å². The lowest BCUT2D eigenvalue weighted by molar-refractivity contribution is 0.426. The molecule has 0 radical (unpaired) electrons. The van der Waals surface area contributed by atoms with E-state index in [1.807, 2.05) is 30.3 Å². The van der Waals surface area contributed by atoms with E-state index in [0.29, 0.717) is 5.46 Å². The first kappa shape index (κ1) is 24.3. The minimum Gasteiger partial charge on any atom is -0.423 e. The fourth-order valence-corrected chi connectivity index (χ4v) is 4.08. The quantitative estimate of drug-likeness (QED) is 0.223. The highest BCUT2D eigenvalue weighted by Gasteiger charge is 2.15. The summed E-state index contributed by atoms with van der Waals surface area (Å²) in [5.41, 5.74) is 8.13. The Labute approximate surface area is 208 Å². The molecular weight excluding hydrogens is 429 g/mol. The van der Waals surface area contributed by atoms with E-state index in [2.05, 4.69) is 97.6 Å². The predicted molar refractivity (Wildman–Crippen MR) is 149 cm³/mol. The summed E-state index contributed by atoms with van der Waals surface area (Å²) < 4.78 is 0. The van der Waals surface area contributed by atoms with Gasteiger partial charge in [-0.25, -0.2) is 0 Å². The topological polar surface area (TPSA) is 43.7 Å². The summed E-state index contributed by atoms with van der Waals surface area (Å²) in [6, 6.07) is 34.7. The summed E-state index contributed by atoms with van der Waals surface area (Å²) in [5.74, 6) is 0. The Morgan fingerprint density at radius 2 is 1.23 bits per heavy atom. The Morgan fingerprint density at radius 1 is 0.714 bits per heavy atom. The summed E-state index contributed by atoms with van der Waals surface area (Å²) in [4.78, 5) is 2.17. The van der Waals surface area contributed by atoms with Gasteiger partial charge in [-0.3, -0.25) is 0 Å². The van der Waals surface area contributed by atoms with Crippen molar-refractivity contribution < 1.29 is 10.0 Å². The molecule has 4 aromatic carbocycles. The molecule has 0 amide bonds. The molecule has 0 aromatic heterocycles. The molecule has 174 valence electrons. The van der Waals surface area contributed by atoms with Crippen LogP contribution in [0.2, 0.25) is 0 Å². The van der Waals surface area contributed by atoms with Gasteiger partial charge in [-0.1, -0.05) is 91.9 Å². The molecule has 4 rings (SSSR count). The van der Waals surface area contributed by atoms with Crippen molar-refractivity contribution in [1.82, 2.24) is 0 Å². The Kier molecular flexibility index (Phi) is 7.99. The minimum absolute atomic E-state index is 0.462. The van der Waals surface area contributed by atoms with Gasteiger partial charge >= 0.3 is 7.12 Å². The van der Waals surface area contributed by atoms with Crippen molar-refractivity contribution in [3.05, 3.63) is 127 Å². The first-order chi connectivity index (χ1) is 17.1. The normalized spacial score (nSPS) is 11.6. The van der Waals surface area contributed by atoms with Gasteiger partial charge in [0.1, 0.15) is 0 Å². The summed E-state index contributed by atoms with van der Waals surface area (Å²) >= 11 is 0. The largest absolute Gasteiger partial charge is 0.488 e. The van der Waals surface area contributed by atoms with Crippen LogP contribution in [-0.2, 0) is 0 Å². The van der Waals surface area contributed by atoms with Gasteiger partial charge in [0.15, 0.2) is 0 Å². The monoisotopic (exact) mass is 459 g/mol. The third-order valence-electron chi connectivity index (χ3n) is 5.99. The van der Waals surface area contributed by atoms with E-state index >= 15 is 0 Å². The second-order valence-electron chi connectivity index (χ2n) is 8.32. The van der Waals surface area contributed by atoms with Crippen LogP contribution in [0.15, 0.2) is 121 Å². The van der Waals surface area contributed by atoms with Crippen LogP contribution in [-0.4, -0.2) is 17.2 Å². The van der Waals surface area contributed by atoms with E-state index < -0.39 is 7.12 Å². The molecule has 4 aromatic rings. The molecule has 0 fully saturated rings. The van der Waals surface area contributed by atoms with Gasteiger partial charge in [-0.05, 0) is 77.5 Å². The lowest BCUT2D eigenvalue weighted by Gasteiger charge is -2.26. The van der Waals surface area contributed by atoms with Crippen molar-refractivity contribution in [2.75, 3.05) is 4.90 Å². The zero-order valence-electron chi connectivity index (χ0n) is 20.2. The maximum Gasteiger partial charge on any atom is 0.488 e. The fraction of sp³-hybridized carbons (Fsp3) is 0.0968. The predicted octanol–water partition coefficient (Wildman–Crippen LogP) is 6.87. The third kappa shape index (κ3) is 5.80. The summed E-state index contributed by atoms with van der Waals surface area (Å²) in [6.07, 6.45) is 7.45. The summed E-state index contributed by atoms with van der Waals surface area (Å²) in [7, 11) is -1.49. The minimum atomic E-state index is -1.49. The number of nitrogens with zero attached hydrogens (tertiary/aromatic N) is 1. The van der Waals surface area contributed by atoms with Gasteiger partial charge in [0.05, 0.1) is 0 Å². The van der Waals surface area contributed by atoms with Crippen LogP contribution in [0.1, 0.15) is 25.8 Å². The van der Waals surface area contributed by atoms with Crippen LogP contribution >= 0.6 is 0 Å². The van der Waals surface area contributed by atoms with Crippen LogP contribution in [0.5, 0.6) is 0 Å². The Bertz CT molecular complexity index is 1280. The molecule has 0 heterocycles. The van der Waals surface area contributed by atoms with E-state index in [1.54, 1.807) is 12.1 Å². The Hall–Kier alpha value is -3.86. The first-order valence-electron chi connectivity index (χ1n) is 12.0. The van der Waals surface area contributed by atoms with Gasteiger partial charge in [0.25, 0.3) is 0 Å². The summed E-state index contributed by atoms with van der Waals surface area (Å²) in [6.45, 7) is 4.19. The molecule has 0 aliphatic heterocycles. The lowest BCUT2D eigenvalue weighted by Crippen LogP contribution is -2.29. The van der Waals surface area contributed by atoms with Crippen LogP contribution in [0.3, 0.4) is 0 Å². The zero-order valence-corrected chi connectivity index (χ0v) is 20.2. The number of allylic oxidation sites excluding steroid dienone is 4. The maximum atomic E-state index is 9.52. The van der Waals surface area contributed by atoms with Gasteiger partial charge < -0.3 is 14.9 Å². The van der Waals surface area contributed by atoms with E-state index in [9.17, 15) is 10.0 Å². The van der Waals surface area contributed by atoms with Gasteiger partial charge in [0, 0.05) is 17.1 Å².